The largest absolute Gasteiger partial charge is 0.352 e. The molecule has 1 aromatic heterocycles. The van der Waals surface area contributed by atoms with E-state index in [1.54, 1.807) is 11.3 Å². The average Bonchev–Trinajstić information content (AvgIpc) is 3.18. The smallest absolute Gasteiger partial charge is 0.240 e. The first-order valence-corrected chi connectivity index (χ1v) is 9.69. The van der Waals surface area contributed by atoms with E-state index in [2.05, 4.69) is 21.7 Å². The standard InChI is InChI=1S/C18H29N3O2S/c1-5-20(6-2)18(23)16-10-14(19-17(22)13(3)4)11-21(16)12-15-8-7-9-24-15/h7-9,13-14,16H,5-6,10-12H2,1-4H3,(H,19,22)/t14-,16-/m0/s1. The molecule has 0 spiro atoms. The van der Waals surface area contributed by atoms with Gasteiger partial charge in [-0.3, -0.25) is 14.5 Å². The van der Waals surface area contributed by atoms with Gasteiger partial charge in [0, 0.05) is 43.0 Å². The predicted octanol–water partition coefficient (Wildman–Crippen LogP) is 2.33. The summed E-state index contributed by atoms with van der Waals surface area (Å²) >= 11 is 1.71. The van der Waals surface area contributed by atoms with Gasteiger partial charge < -0.3 is 10.2 Å². The number of nitrogens with zero attached hydrogens (tertiary/aromatic N) is 2. The van der Waals surface area contributed by atoms with Crippen molar-refractivity contribution in [3.05, 3.63) is 22.4 Å². The third-order valence-electron chi connectivity index (χ3n) is 4.57. The lowest BCUT2D eigenvalue weighted by molar-refractivity contribution is -0.135. The van der Waals surface area contributed by atoms with Crippen molar-refractivity contribution in [3.63, 3.8) is 0 Å². The van der Waals surface area contributed by atoms with Crippen LogP contribution in [0.25, 0.3) is 0 Å². The molecule has 1 aliphatic heterocycles. The van der Waals surface area contributed by atoms with E-state index in [4.69, 9.17) is 0 Å². The highest BCUT2D eigenvalue weighted by molar-refractivity contribution is 7.09. The summed E-state index contributed by atoms with van der Waals surface area (Å²) in [6.45, 7) is 10.8. The Morgan fingerprint density at radius 1 is 1.38 bits per heavy atom. The molecule has 2 rings (SSSR count). The van der Waals surface area contributed by atoms with E-state index >= 15 is 0 Å². The van der Waals surface area contributed by atoms with Crippen LogP contribution < -0.4 is 5.32 Å². The van der Waals surface area contributed by atoms with Crippen LogP contribution in [0.4, 0.5) is 0 Å². The van der Waals surface area contributed by atoms with E-state index in [1.807, 2.05) is 38.7 Å². The maximum Gasteiger partial charge on any atom is 0.240 e. The zero-order chi connectivity index (χ0) is 17.7. The molecule has 2 amide bonds. The Balaban J connectivity index is 2.10. The Kier molecular flexibility index (Phi) is 6.80. The number of carbonyl (C=O) groups is 2. The molecule has 1 N–H and O–H groups in total. The van der Waals surface area contributed by atoms with Gasteiger partial charge in [-0.2, -0.15) is 0 Å². The molecule has 0 aliphatic carbocycles. The summed E-state index contributed by atoms with van der Waals surface area (Å²) in [5.41, 5.74) is 0. The molecule has 0 unspecified atom stereocenters. The second-order valence-electron chi connectivity index (χ2n) is 6.63. The molecule has 1 fully saturated rings. The summed E-state index contributed by atoms with van der Waals surface area (Å²) in [5, 5.41) is 5.16. The SMILES string of the molecule is CCN(CC)C(=O)[C@@H]1C[C@H](NC(=O)C(C)C)CN1Cc1cccs1. The lowest BCUT2D eigenvalue weighted by Crippen LogP contribution is -2.45. The first-order valence-electron chi connectivity index (χ1n) is 8.81. The number of likely N-dealkylation sites (tertiary alicyclic amines) is 1. The van der Waals surface area contributed by atoms with Gasteiger partial charge in [0.25, 0.3) is 0 Å². The number of hydrogen-bond donors (Lipinski definition) is 1. The van der Waals surface area contributed by atoms with Crippen LogP contribution in [0.15, 0.2) is 17.5 Å². The molecule has 0 saturated carbocycles. The number of hydrogen-bond acceptors (Lipinski definition) is 4. The highest BCUT2D eigenvalue weighted by atomic mass is 32.1. The summed E-state index contributed by atoms with van der Waals surface area (Å²) in [7, 11) is 0. The van der Waals surface area contributed by atoms with Gasteiger partial charge >= 0.3 is 0 Å². The zero-order valence-corrected chi connectivity index (χ0v) is 15.9. The minimum absolute atomic E-state index is 0.0340. The van der Waals surface area contributed by atoms with Crippen molar-refractivity contribution in [2.45, 2.75) is 52.7 Å². The predicted molar refractivity (Wildman–Crippen MR) is 97.8 cm³/mol. The van der Waals surface area contributed by atoms with Crippen LogP contribution in [0.1, 0.15) is 39.0 Å². The molecule has 1 aliphatic rings. The molecule has 134 valence electrons. The van der Waals surface area contributed by atoms with E-state index < -0.39 is 0 Å². The van der Waals surface area contributed by atoms with Crippen LogP contribution in [0.5, 0.6) is 0 Å². The quantitative estimate of drug-likeness (QED) is 0.820. The minimum atomic E-state index is -0.149. The van der Waals surface area contributed by atoms with Gasteiger partial charge in [0.05, 0.1) is 6.04 Å². The van der Waals surface area contributed by atoms with Crippen LogP contribution in [-0.4, -0.2) is 53.3 Å². The number of carbonyl (C=O) groups excluding carboxylic acids is 2. The average molecular weight is 352 g/mol. The summed E-state index contributed by atoms with van der Waals surface area (Å²) in [4.78, 5) is 30.3. The van der Waals surface area contributed by atoms with Crippen molar-refractivity contribution < 1.29 is 9.59 Å². The van der Waals surface area contributed by atoms with E-state index in [-0.39, 0.29) is 29.8 Å². The van der Waals surface area contributed by atoms with Crippen molar-refractivity contribution in [1.29, 1.82) is 0 Å². The normalized spacial score (nSPS) is 21.2. The number of likely N-dealkylation sites (N-methyl/N-ethyl adjacent to an activating group) is 1. The first kappa shape index (κ1) is 18.9. The molecule has 6 heteroatoms. The highest BCUT2D eigenvalue weighted by Crippen LogP contribution is 2.24. The number of nitrogens with one attached hydrogen (secondary N) is 1. The van der Waals surface area contributed by atoms with E-state index in [0.717, 1.165) is 26.2 Å². The Bertz CT molecular complexity index is 540. The lowest BCUT2D eigenvalue weighted by Gasteiger charge is -2.28. The fourth-order valence-electron chi connectivity index (χ4n) is 3.16. The molecule has 1 saturated heterocycles. The highest BCUT2D eigenvalue weighted by Gasteiger charge is 2.39. The Labute approximate surface area is 149 Å². The molecule has 2 heterocycles. The third-order valence-corrected chi connectivity index (χ3v) is 5.43. The third kappa shape index (κ3) is 4.57. The molecular formula is C18H29N3O2S. The van der Waals surface area contributed by atoms with Gasteiger partial charge in [-0.25, -0.2) is 0 Å². The van der Waals surface area contributed by atoms with Gasteiger partial charge in [0.1, 0.15) is 0 Å². The van der Waals surface area contributed by atoms with Crippen LogP contribution in [0, 0.1) is 5.92 Å². The van der Waals surface area contributed by atoms with Gasteiger partial charge in [-0.1, -0.05) is 19.9 Å². The Morgan fingerprint density at radius 3 is 2.62 bits per heavy atom. The lowest BCUT2D eigenvalue weighted by atomic mass is 10.1. The first-order chi connectivity index (χ1) is 11.5. The zero-order valence-electron chi connectivity index (χ0n) is 15.1. The summed E-state index contributed by atoms with van der Waals surface area (Å²) in [5.74, 6) is 0.207. The van der Waals surface area contributed by atoms with Crippen LogP contribution in [-0.2, 0) is 16.1 Å². The molecular weight excluding hydrogens is 322 g/mol. The summed E-state index contributed by atoms with van der Waals surface area (Å²) in [6, 6.07) is 4.03. The van der Waals surface area contributed by atoms with Crippen molar-refractivity contribution in [2.75, 3.05) is 19.6 Å². The van der Waals surface area contributed by atoms with Gasteiger partial charge in [0.15, 0.2) is 0 Å². The minimum Gasteiger partial charge on any atom is -0.352 e. The number of amides is 2. The van der Waals surface area contributed by atoms with E-state index in [9.17, 15) is 9.59 Å². The van der Waals surface area contributed by atoms with Gasteiger partial charge in [0.2, 0.25) is 11.8 Å². The molecule has 5 nitrogen and oxygen atoms in total. The van der Waals surface area contributed by atoms with Crippen LogP contribution in [0.3, 0.4) is 0 Å². The van der Waals surface area contributed by atoms with E-state index in [0.29, 0.717) is 6.42 Å². The van der Waals surface area contributed by atoms with Crippen molar-refractivity contribution >= 4 is 23.2 Å². The summed E-state index contributed by atoms with van der Waals surface area (Å²) < 4.78 is 0. The molecule has 0 bridgehead atoms. The van der Waals surface area contributed by atoms with Crippen molar-refractivity contribution in [2.24, 2.45) is 5.92 Å². The number of thiophene rings is 1. The van der Waals surface area contributed by atoms with Gasteiger partial charge in [-0.15, -0.1) is 11.3 Å². The molecule has 24 heavy (non-hydrogen) atoms. The Hall–Kier alpha value is -1.40. The second kappa shape index (κ2) is 8.62. The van der Waals surface area contributed by atoms with Crippen molar-refractivity contribution in [3.8, 4) is 0 Å². The van der Waals surface area contributed by atoms with Gasteiger partial charge in [-0.05, 0) is 31.7 Å². The monoisotopic (exact) mass is 351 g/mol. The van der Waals surface area contributed by atoms with Crippen molar-refractivity contribution in [1.82, 2.24) is 15.1 Å². The molecule has 0 radical (unpaired) electrons. The van der Waals surface area contributed by atoms with E-state index in [1.165, 1.54) is 4.88 Å². The maximum atomic E-state index is 12.9. The fourth-order valence-corrected chi connectivity index (χ4v) is 3.89. The number of rotatable bonds is 7. The summed E-state index contributed by atoms with van der Waals surface area (Å²) in [6.07, 6.45) is 0.694. The Morgan fingerprint density at radius 2 is 2.08 bits per heavy atom. The maximum absolute atomic E-state index is 12.9. The molecule has 0 aromatic carbocycles. The molecule has 2 atom stereocenters. The topological polar surface area (TPSA) is 52.7 Å². The van der Waals surface area contributed by atoms with Crippen LogP contribution in [0.2, 0.25) is 0 Å². The van der Waals surface area contributed by atoms with Crippen LogP contribution >= 0.6 is 11.3 Å². The molecule has 1 aromatic rings. The fraction of sp³-hybridized carbons (Fsp3) is 0.667. The second-order valence-corrected chi connectivity index (χ2v) is 7.66.